The normalized spacial score (nSPS) is 19.0. The van der Waals surface area contributed by atoms with Gasteiger partial charge in [0, 0.05) is 44.5 Å². The predicted molar refractivity (Wildman–Crippen MR) is 104 cm³/mol. The fourth-order valence-electron chi connectivity index (χ4n) is 3.26. The van der Waals surface area contributed by atoms with Crippen LogP contribution in [-0.2, 0) is 19.6 Å². The number of anilines is 1. The Balaban J connectivity index is 1.65. The molecule has 0 aromatic heterocycles. The number of sulfonamides is 1. The number of piperazine rings is 1. The second kappa shape index (κ2) is 9.01. The number of aliphatic hydroxyl groups excluding tert-OH is 2. The first-order valence-corrected chi connectivity index (χ1v) is 10.7. The van der Waals surface area contributed by atoms with Gasteiger partial charge in [-0.3, -0.25) is 19.4 Å². The summed E-state index contributed by atoms with van der Waals surface area (Å²) in [6, 6.07) is 5.96. The molecule has 2 heterocycles. The minimum atomic E-state index is -3.64. The Morgan fingerprint density at radius 2 is 1.55 bits per heavy atom. The Labute approximate surface area is 169 Å². The zero-order chi connectivity index (χ0) is 21.0. The number of hydrogen-bond donors (Lipinski definition) is 3. The SMILES string of the molecule is O=C1C=C(Nc2ccc(S(=O)(=O)N3CCN(CCO)CC3)cc2)C(=O)N1CCO. The Hall–Kier alpha value is -2.31. The summed E-state index contributed by atoms with van der Waals surface area (Å²) in [5, 5.41) is 20.7. The lowest BCUT2D eigenvalue weighted by atomic mass is 10.3. The number of benzene rings is 1. The second-order valence-electron chi connectivity index (χ2n) is 6.70. The molecule has 158 valence electrons. The van der Waals surface area contributed by atoms with Crippen molar-refractivity contribution in [3.8, 4) is 0 Å². The summed E-state index contributed by atoms with van der Waals surface area (Å²) < 4.78 is 27.0. The highest BCUT2D eigenvalue weighted by molar-refractivity contribution is 7.89. The Kier molecular flexibility index (Phi) is 6.65. The average Bonchev–Trinajstić information content (AvgIpc) is 2.97. The van der Waals surface area contributed by atoms with Gasteiger partial charge in [-0.2, -0.15) is 4.31 Å². The Morgan fingerprint density at radius 3 is 2.14 bits per heavy atom. The topological polar surface area (TPSA) is 130 Å². The first kappa shape index (κ1) is 21.4. The molecule has 0 unspecified atom stereocenters. The smallest absolute Gasteiger partial charge is 0.277 e. The quantitative estimate of drug-likeness (QED) is 0.437. The summed E-state index contributed by atoms with van der Waals surface area (Å²) in [6.45, 7) is 2.01. The van der Waals surface area contributed by atoms with Crippen molar-refractivity contribution in [1.29, 1.82) is 0 Å². The Morgan fingerprint density at radius 1 is 0.931 bits per heavy atom. The highest BCUT2D eigenvalue weighted by Crippen LogP contribution is 2.22. The van der Waals surface area contributed by atoms with Crippen molar-refractivity contribution in [2.45, 2.75) is 4.90 Å². The number of carbonyl (C=O) groups excluding carboxylic acids is 2. The molecule has 29 heavy (non-hydrogen) atoms. The van der Waals surface area contributed by atoms with Gasteiger partial charge in [0.15, 0.2) is 0 Å². The first-order chi connectivity index (χ1) is 13.9. The maximum atomic E-state index is 12.8. The van der Waals surface area contributed by atoms with Crippen molar-refractivity contribution < 1.29 is 28.2 Å². The second-order valence-corrected chi connectivity index (χ2v) is 8.63. The van der Waals surface area contributed by atoms with Crippen LogP contribution >= 0.6 is 0 Å². The van der Waals surface area contributed by atoms with Crippen LogP contribution < -0.4 is 5.32 Å². The molecule has 11 heteroatoms. The van der Waals surface area contributed by atoms with Crippen LogP contribution in [0.15, 0.2) is 40.9 Å². The van der Waals surface area contributed by atoms with Crippen molar-refractivity contribution in [2.24, 2.45) is 0 Å². The van der Waals surface area contributed by atoms with Crippen LogP contribution in [0.25, 0.3) is 0 Å². The van der Waals surface area contributed by atoms with E-state index in [0.717, 1.165) is 11.0 Å². The van der Waals surface area contributed by atoms with Crippen LogP contribution in [0.4, 0.5) is 5.69 Å². The van der Waals surface area contributed by atoms with Crippen LogP contribution in [0.2, 0.25) is 0 Å². The van der Waals surface area contributed by atoms with Gasteiger partial charge in [0.25, 0.3) is 11.8 Å². The van der Waals surface area contributed by atoms with Crippen LogP contribution in [0.5, 0.6) is 0 Å². The molecular weight excluding hydrogens is 400 g/mol. The first-order valence-electron chi connectivity index (χ1n) is 9.25. The largest absolute Gasteiger partial charge is 0.395 e. The fraction of sp³-hybridized carbons (Fsp3) is 0.444. The number of β-amino-alcohol motifs (C(OH)–C–C–N with tert-alkyl or cyclic N) is 2. The molecule has 0 saturated carbocycles. The Bertz CT molecular complexity index is 891. The molecule has 0 atom stereocenters. The molecule has 3 N–H and O–H groups in total. The standard InChI is InChI=1S/C18H24N4O6S/c23-11-9-20-5-7-21(8-6-20)29(27,28)15-3-1-14(2-4-15)19-16-13-17(25)22(10-12-24)18(16)26/h1-4,13,19,23-24H,5-12H2. The highest BCUT2D eigenvalue weighted by atomic mass is 32.2. The number of hydrogen-bond acceptors (Lipinski definition) is 8. The average molecular weight is 424 g/mol. The molecule has 3 rings (SSSR count). The number of amides is 2. The molecule has 2 amide bonds. The van der Waals surface area contributed by atoms with E-state index < -0.39 is 21.8 Å². The monoisotopic (exact) mass is 424 g/mol. The van der Waals surface area contributed by atoms with Crippen molar-refractivity contribution in [1.82, 2.24) is 14.1 Å². The lowest BCUT2D eigenvalue weighted by Crippen LogP contribution is -2.49. The van der Waals surface area contributed by atoms with E-state index in [1.165, 1.54) is 28.6 Å². The molecule has 10 nitrogen and oxygen atoms in total. The summed E-state index contributed by atoms with van der Waals surface area (Å²) in [5.41, 5.74) is 0.536. The molecule has 0 spiro atoms. The third-order valence-electron chi connectivity index (χ3n) is 4.85. The van der Waals surface area contributed by atoms with E-state index in [-0.39, 0.29) is 30.4 Å². The molecule has 0 radical (unpaired) electrons. The van der Waals surface area contributed by atoms with Gasteiger partial charge >= 0.3 is 0 Å². The van der Waals surface area contributed by atoms with Crippen LogP contribution in [0.1, 0.15) is 0 Å². The van der Waals surface area contributed by atoms with Crippen molar-refractivity contribution in [2.75, 3.05) is 57.8 Å². The van der Waals surface area contributed by atoms with Gasteiger partial charge in [0.1, 0.15) is 5.70 Å². The van der Waals surface area contributed by atoms with Crippen LogP contribution in [0, 0.1) is 0 Å². The summed E-state index contributed by atoms with van der Waals surface area (Å²) in [4.78, 5) is 27.0. The molecule has 2 aliphatic heterocycles. The molecule has 1 aromatic rings. The van der Waals surface area contributed by atoms with E-state index in [1.807, 2.05) is 4.90 Å². The maximum Gasteiger partial charge on any atom is 0.277 e. The van der Waals surface area contributed by atoms with Crippen molar-refractivity contribution in [3.63, 3.8) is 0 Å². The summed E-state index contributed by atoms with van der Waals surface area (Å²) in [7, 11) is -3.64. The number of rotatable bonds is 8. The number of aliphatic hydroxyl groups is 2. The fourth-order valence-corrected chi connectivity index (χ4v) is 4.68. The molecule has 1 aromatic carbocycles. The highest BCUT2D eigenvalue weighted by Gasteiger charge is 2.31. The minimum absolute atomic E-state index is 0.0451. The number of nitrogens with zero attached hydrogens (tertiary/aromatic N) is 3. The van der Waals surface area contributed by atoms with Gasteiger partial charge in [0.2, 0.25) is 10.0 Å². The number of imide groups is 1. The van der Waals surface area contributed by atoms with E-state index in [4.69, 9.17) is 10.2 Å². The zero-order valence-corrected chi connectivity index (χ0v) is 16.6. The van der Waals surface area contributed by atoms with E-state index in [1.54, 1.807) is 0 Å². The van der Waals surface area contributed by atoms with Crippen LogP contribution in [0.3, 0.4) is 0 Å². The third-order valence-corrected chi connectivity index (χ3v) is 6.76. The van der Waals surface area contributed by atoms with Crippen molar-refractivity contribution in [3.05, 3.63) is 36.0 Å². The summed E-state index contributed by atoms with van der Waals surface area (Å²) >= 11 is 0. The van der Waals surface area contributed by atoms with E-state index in [9.17, 15) is 18.0 Å². The summed E-state index contributed by atoms with van der Waals surface area (Å²) in [6.07, 6.45) is 1.15. The zero-order valence-electron chi connectivity index (χ0n) is 15.8. The third kappa shape index (κ3) is 4.65. The van der Waals surface area contributed by atoms with Gasteiger partial charge in [-0.1, -0.05) is 0 Å². The molecule has 1 fully saturated rings. The van der Waals surface area contributed by atoms with Gasteiger partial charge in [-0.25, -0.2) is 8.42 Å². The lowest BCUT2D eigenvalue weighted by Gasteiger charge is -2.33. The van der Waals surface area contributed by atoms with Gasteiger partial charge in [-0.05, 0) is 24.3 Å². The lowest BCUT2D eigenvalue weighted by molar-refractivity contribution is -0.137. The van der Waals surface area contributed by atoms with Crippen LogP contribution in [-0.4, -0.2) is 97.0 Å². The molecule has 0 bridgehead atoms. The molecular formula is C18H24N4O6S. The van der Waals surface area contributed by atoms with Gasteiger partial charge in [0.05, 0.1) is 24.7 Å². The molecule has 2 aliphatic rings. The minimum Gasteiger partial charge on any atom is -0.395 e. The maximum absolute atomic E-state index is 12.8. The molecule has 0 aliphatic carbocycles. The van der Waals surface area contributed by atoms with Crippen molar-refractivity contribution >= 4 is 27.5 Å². The number of carbonyl (C=O) groups is 2. The summed E-state index contributed by atoms with van der Waals surface area (Å²) in [5.74, 6) is -1.05. The van der Waals surface area contributed by atoms with Gasteiger partial charge < -0.3 is 15.5 Å². The predicted octanol–water partition coefficient (Wildman–Crippen LogP) is -1.36. The number of nitrogens with one attached hydrogen (secondary N) is 1. The van der Waals surface area contributed by atoms with E-state index in [2.05, 4.69) is 5.32 Å². The van der Waals surface area contributed by atoms with E-state index >= 15 is 0 Å². The molecule has 1 saturated heterocycles. The van der Waals surface area contributed by atoms with Gasteiger partial charge in [-0.15, -0.1) is 0 Å². The van der Waals surface area contributed by atoms with E-state index in [0.29, 0.717) is 38.4 Å².